The average molecular weight is 404 g/mol. The second kappa shape index (κ2) is 7.61. The Labute approximate surface area is 160 Å². The maximum absolute atomic E-state index is 14.4. The van der Waals surface area contributed by atoms with Crippen LogP contribution in [0.5, 0.6) is 0 Å². The van der Waals surface area contributed by atoms with E-state index in [9.17, 15) is 26.7 Å². The van der Waals surface area contributed by atoms with Crippen LogP contribution < -0.4 is 0 Å². The molecule has 2 aliphatic rings. The minimum atomic E-state index is -2.18. The van der Waals surface area contributed by atoms with Gasteiger partial charge in [-0.05, 0) is 58.3 Å². The molecule has 154 valence electrons. The van der Waals surface area contributed by atoms with Gasteiger partial charge in [0.2, 0.25) is 11.9 Å². The Morgan fingerprint density at radius 3 is 2.14 bits per heavy atom. The van der Waals surface area contributed by atoms with Gasteiger partial charge in [-0.2, -0.15) is 0 Å². The van der Waals surface area contributed by atoms with Crippen LogP contribution in [-0.4, -0.2) is 24.3 Å². The standard InChI is InChI=1S/C20H21F5O3/c1-20(2,3)27-7-6-11(9-4-5-10(8-9)18-19(26)28-18)12-13(21)15(23)17(25)16(24)14(12)22/h5-6,9-11,18H,4,7-8H2,1-3H3. The molecule has 2 radical (unpaired) electrons. The molecule has 1 aliphatic heterocycles. The van der Waals surface area contributed by atoms with E-state index < -0.39 is 58.2 Å². The number of cyclic esters (lactones) is 1. The molecule has 2 fully saturated rings. The van der Waals surface area contributed by atoms with Crippen LogP contribution in [-0.2, 0) is 14.3 Å². The third kappa shape index (κ3) is 4.16. The van der Waals surface area contributed by atoms with Crippen LogP contribution in [0.4, 0.5) is 22.0 Å². The average Bonchev–Trinajstić information content (AvgIpc) is 3.15. The predicted molar refractivity (Wildman–Crippen MR) is 89.4 cm³/mol. The zero-order valence-corrected chi connectivity index (χ0v) is 15.7. The van der Waals surface area contributed by atoms with Crippen LogP contribution in [0.2, 0.25) is 0 Å². The lowest BCUT2D eigenvalue weighted by molar-refractivity contribution is -0.117. The van der Waals surface area contributed by atoms with Crippen molar-refractivity contribution in [1.29, 1.82) is 0 Å². The Morgan fingerprint density at radius 2 is 1.64 bits per heavy atom. The molecular weight excluding hydrogens is 383 g/mol. The third-order valence-electron chi connectivity index (χ3n) is 5.08. The van der Waals surface area contributed by atoms with Gasteiger partial charge in [-0.3, -0.25) is 0 Å². The highest BCUT2D eigenvalue weighted by molar-refractivity contribution is 5.87. The fraction of sp³-hybridized carbons (Fsp3) is 0.550. The van der Waals surface area contributed by atoms with Gasteiger partial charge in [0.25, 0.3) is 0 Å². The molecule has 0 aromatic heterocycles. The van der Waals surface area contributed by atoms with Gasteiger partial charge in [-0.1, -0.05) is 0 Å². The fourth-order valence-corrected chi connectivity index (χ4v) is 3.65. The highest BCUT2D eigenvalue weighted by atomic mass is 19.2. The highest BCUT2D eigenvalue weighted by Crippen LogP contribution is 2.47. The number of ether oxygens (including phenoxy) is 2. The number of carbonyl (C=O) groups is 1. The Hall–Kier alpha value is -1.70. The molecule has 1 aliphatic carbocycles. The van der Waals surface area contributed by atoms with Crippen LogP contribution in [0.1, 0.15) is 45.1 Å². The van der Waals surface area contributed by atoms with Gasteiger partial charge in [0.15, 0.2) is 23.3 Å². The van der Waals surface area contributed by atoms with Crippen molar-refractivity contribution in [3.63, 3.8) is 0 Å². The molecule has 28 heavy (non-hydrogen) atoms. The number of epoxide rings is 1. The van der Waals surface area contributed by atoms with E-state index in [-0.39, 0.29) is 18.5 Å². The van der Waals surface area contributed by atoms with E-state index in [0.29, 0.717) is 12.8 Å². The summed E-state index contributed by atoms with van der Waals surface area (Å²) in [6.07, 6.45) is 3.35. The van der Waals surface area contributed by atoms with Crippen molar-refractivity contribution >= 4 is 5.97 Å². The van der Waals surface area contributed by atoms with Gasteiger partial charge in [0.05, 0.1) is 12.2 Å². The molecule has 0 bridgehead atoms. The fourth-order valence-electron chi connectivity index (χ4n) is 3.65. The second-order valence-corrected chi connectivity index (χ2v) is 8.16. The van der Waals surface area contributed by atoms with Crippen molar-refractivity contribution in [2.24, 2.45) is 11.8 Å². The summed E-state index contributed by atoms with van der Waals surface area (Å²) in [7, 11) is 0. The molecule has 4 atom stereocenters. The summed E-state index contributed by atoms with van der Waals surface area (Å²) in [5.41, 5.74) is -1.41. The van der Waals surface area contributed by atoms with E-state index in [1.165, 1.54) is 6.42 Å². The molecule has 1 saturated heterocycles. The Balaban J connectivity index is 1.90. The van der Waals surface area contributed by atoms with E-state index in [0.717, 1.165) is 0 Å². The lowest BCUT2D eigenvalue weighted by atomic mass is 9.81. The molecule has 1 saturated carbocycles. The topological polar surface area (TPSA) is 38.8 Å². The zero-order valence-electron chi connectivity index (χ0n) is 15.7. The molecule has 4 unspecified atom stereocenters. The van der Waals surface area contributed by atoms with Crippen molar-refractivity contribution in [2.45, 2.75) is 51.2 Å². The summed E-state index contributed by atoms with van der Waals surface area (Å²) in [4.78, 5) is 11.2. The van der Waals surface area contributed by atoms with E-state index in [1.54, 1.807) is 27.2 Å². The van der Waals surface area contributed by atoms with Crippen molar-refractivity contribution in [1.82, 2.24) is 0 Å². The molecule has 0 amide bonds. The van der Waals surface area contributed by atoms with Crippen LogP contribution in [0.15, 0.2) is 0 Å². The van der Waals surface area contributed by atoms with Crippen molar-refractivity contribution in [3.8, 4) is 0 Å². The molecule has 8 heteroatoms. The lowest BCUT2D eigenvalue weighted by Gasteiger charge is -2.27. The van der Waals surface area contributed by atoms with Crippen LogP contribution in [0, 0.1) is 53.8 Å². The monoisotopic (exact) mass is 404 g/mol. The van der Waals surface area contributed by atoms with Gasteiger partial charge in [-0.25, -0.2) is 26.7 Å². The summed E-state index contributed by atoms with van der Waals surface area (Å²) >= 11 is 0. The zero-order chi connectivity index (χ0) is 20.8. The highest BCUT2D eigenvalue weighted by Gasteiger charge is 2.49. The van der Waals surface area contributed by atoms with Gasteiger partial charge >= 0.3 is 5.97 Å². The summed E-state index contributed by atoms with van der Waals surface area (Å²) in [5, 5.41) is 0. The van der Waals surface area contributed by atoms with Gasteiger partial charge in [0, 0.05) is 11.5 Å². The Bertz CT molecular complexity index is 745. The quantitative estimate of drug-likeness (QED) is 0.300. The van der Waals surface area contributed by atoms with Crippen molar-refractivity contribution < 1.29 is 36.2 Å². The van der Waals surface area contributed by atoms with Gasteiger partial charge < -0.3 is 9.47 Å². The molecule has 1 aromatic rings. The maximum Gasteiger partial charge on any atom is 0.348 e. The number of hydrogen-bond acceptors (Lipinski definition) is 3. The van der Waals surface area contributed by atoms with Crippen molar-refractivity contribution in [3.05, 3.63) is 47.5 Å². The minimum Gasteiger partial charge on any atom is -0.447 e. The third-order valence-corrected chi connectivity index (χ3v) is 5.08. The first-order valence-electron chi connectivity index (χ1n) is 9.03. The molecule has 0 N–H and O–H groups in total. The van der Waals surface area contributed by atoms with Crippen LogP contribution >= 0.6 is 0 Å². The number of hydrogen-bond donors (Lipinski definition) is 0. The molecule has 3 rings (SSSR count). The number of benzene rings is 1. The van der Waals surface area contributed by atoms with Crippen LogP contribution in [0.3, 0.4) is 0 Å². The van der Waals surface area contributed by atoms with E-state index in [2.05, 4.69) is 0 Å². The van der Waals surface area contributed by atoms with Crippen molar-refractivity contribution in [2.75, 3.05) is 6.61 Å². The first-order chi connectivity index (χ1) is 13.0. The van der Waals surface area contributed by atoms with E-state index in [1.807, 2.05) is 0 Å². The minimum absolute atomic E-state index is 0.0340. The summed E-state index contributed by atoms with van der Waals surface area (Å²) in [6.45, 7) is 5.31. The second-order valence-electron chi connectivity index (χ2n) is 8.16. The lowest BCUT2D eigenvalue weighted by Crippen LogP contribution is -2.24. The number of rotatable bonds is 6. The van der Waals surface area contributed by atoms with Crippen LogP contribution in [0.25, 0.3) is 0 Å². The molecule has 1 aromatic carbocycles. The predicted octanol–water partition coefficient (Wildman–Crippen LogP) is 4.64. The normalized spacial score (nSPS) is 25.7. The van der Waals surface area contributed by atoms with Gasteiger partial charge in [-0.15, -0.1) is 0 Å². The first kappa shape index (κ1) is 21.0. The molecule has 3 nitrogen and oxygen atoms in total. The summed E-state index contributed by atoms with van der Waals surface area (Å²) in [5.74, 6) is -11.9. The smallest absolute Gasteiger partial charge is 0.348 e. The summed E-state index contributed by atoms with van der Waals surface area (Å²) in [6, 6.07) is 0. The Kier molecular flexibility index (Phi) is 5.71. The van der Waals surface area contributed by atoms with Gasteiger partial charge in [0.1, 0.15) is 0 Å². The maximum atomic E-state index is 14.4. The molecular formula is C20H21F5O3. The molecule has 0 spiro atoms. The largest absolute Gasteiger partial charge is 0.447 e. The molecule has 1 heterocycles. The van der Waals surface area contributed by atoms with E-state index >= 15 is 0 Å². The Morgan fingerprint density at radius 1 is 1.11 bits per heavy atom. The SMILES string of the molecule is CC(C)(C)OC[CH]C(c1c(F)c(F)c(F)c(F)c1F)C1C[CH]C(C2OC2=O)C1. The first-order valence-corrected chi connectivity index (χ1v) is 9.03. The number of halogens is 5. The van der Waals surface area contributed by atoms with E-state index in [4.69, 9.17) is 9.47 Å². The summed E-state index contributed by atoms with van der Waals surface area (Å²) < 4.78 is 80.2. The number of carbonyl (C=O) groups excluding carboxylic acids is 1.